The van der Waals surface area contributed by atoms with Crippen molar-refractivity contribution >= 4 is 0 Å². The van der Waals surface area contributed by atoms with E-state index >= 15 is 0 Å². The molecule has 1 rings (SSSR count). The molecule has 1 aromatic carbocycles. The highest BCUT2D eigenvalue weighted by atomic mass is 16.5. The normalized spacial score (nSPS) is 9.57. The van der Waals surface area contributed by atoms with E-state index in [0.717, 1.165) is 5.56 Å². The van der Waals surface area contributed by atoms with E-state index in [-0.39, 0.29) is 0 Å². The predicted molar refractivity (Wildman–Crippen MR) is 56.6 cm³/mol. The van der Waals surface area contributed by atoms with Gasteiger partial charge >= 0.3 is 0 Å². The summed E-state index contributed by atoms with van der Waals surface area (Å²) in [6.07, 6.45) is 1.69. The Morgan fingerprint density at radius 1 is 1.43 bits per heavy atom. The summed E-state index contributed by atoms with van der Waals surface area (Å²) in [5, 5.41) is 0. The molecule has 0 fully saturated rings. The average Bonchev–Trinajstić information content (AvgIpc) is 2.25. The van der Waals surface area contributed by atoms with E-state index in [1.165, 1.54) is 0 Å². The minimum Gasteiger partial charge on any atom is -0.493 e. The van der Waals surface area contributed by atoms with Crippen LogP contribution >= 0.6 is 0 Å². The van der Waals surface area contributed by atoms with Gasteiger partial charge in [-0.05, 0) is 17.7 Å². The molecular weight excluding hydrogens is 178 g/mol. The van der Waals surface area contributed by atoms with Crippen molar-refractivity contribution in [2.75, 3.05) is 13.7 Å². The summed E-state index contributed by atoms with van der Waals surface area (Å²) in [6.45, 7) is 4.54. The third-order valence-electron chi connectivity index (χ3n) is 1.82. The maximum Gasteiger partial charge on any atom is 0.161 e. The van der Waals surface area contributed by atoms with Gasteiger partial charge in [-0.1, -0.05) is 18.7 Å². The van der Waals surface area contributed by atoms with Crippen molar-refractivity contribution < 1.29 is 9.47 Å². The number of methoxy groups -OCH3 is 1. The molecule has 76 valence electrons. The van der Waals surface area contributed by atoms with Gasteiger partial charge in [0, 0.05) is 6.54 Å². The van der Waals surface area contributed by atoms with Crippen LogP contribution in [-0.2, 0) is 6.54 Å². The molecule has 0 aliphatic carbocycles. The Hall–Kier alpha value is -1.48. The van der Waals surface area contributed by atoms with Crippen molar-refractivity contribution in [1.82, 2.24) is 0 Å². The number of rotatable bonds is 5. The van der Waals surface area contributed by atoms with Crippen LogP contribution in [0.1, 0.15) is 5.56 Å². The number of ether oxygens (including phenoxy) is 2. The molecule has 0 amide bonds. The molecule has 0 aliphatic heterocycles. The van der Waals surface area contributed by atoms with Crippen molar-refractivity contribution in [3.05, 3.63) is 36.4 Å². The standard InChI is InChI=1S/C11H15NO2/c1-3-6-14-11-7-9(8-12)4-5-10(11)13-2/h3-5,7H,1,6,8,12H2,2H3. The van der Waals surface area contributed by atoms with Gasteiger partial charge in [0.1, 0.15) is 6.61 Å². The minimum atomic E-state index is 0.463. The molecule has 0 atom stereocenters. The van der Waals surface area contributed by atoms with Crippen LogP contribution < -0.4 is 15.2 Å². The van der Waals surface area contributed by atoms with Gasteiger partial charge in [0.2, 0.25) is 0 Å². The number of hydrogen-bond donors (Lipinski definition) is 1. The molecule has 0 heterocycles. The highest BCUT2D eigenvalue weighted by Gasteiger charge is 2.03. The van der Waals surface area contributed by atoms with Crippen LogP contribution in [0.2, 0.25) is 0 Å². The van der Waals surface area contributed by atoms with Crippen LogP contribution in [0.25, 0.3) is 0 Å². The van der Waals surface area contributed by atoms with E-state index in [1.54, 1.807) is 13.2 Å². The fourth-order valence-electron chi connectivity index (χ4n) is 1.11. The van der Waals surface area contributed by atoms with E-state index in [4.69, 9.17) is 15.2 Å². The largest absolute Gasteiger partial charge is 0.493 e. The van der Waals surface area contributed by atoms with Crippen molar-refractivity contribution in [3.63, 3.8) is 0 Å². The fraction of sp³-hybridized carbons (Fsp3) is 0.273. The first-order chi connectivity index (χ1) is 6.81. The van der Waals surface area contributed by atoms with Gasteiger partial charge in [0.15, 0.2) is 11.5 Å². The van der Waals surface area contributed by atoms with Gasteiger partial charge in [-0.15, -0.1) is 0 Å². The van der Waals surface area contributed by atoms with Crippen molar-refractivity contribution in [3.8, 4) is 11.5 Å². The lowest BCUT2D eigenvalue weighted by molar-refractivity contribution is 0.326. The lowest BCUT2D eigenvalue weighted by Crippen LogP contribution is -2.00. The van der Waals surface area contributed by atoms with Crippen LogP contribution in [0, 0.1) is 0 Å². The molecular formula is C11H15NO2. The van der Waals surface area contributed by atoms with Gasteiger partial charge in [-0.2, -0.15) is 0 Å². The first-order valence-corrected chi connectivity index (χ1v) is 4.42. The summed E-state index contributed by atoms with van der Waals surface area (Å²) in [5.74, 6) is 1.42. The summed E-state index contributed by atoms with van der Waals surface area (Å²) >= 11 is 0. The number of nitrogens with two attached hydrogens (primary N) is 1. The zero-order valence-electron chi connectivity index (χ0n) is 8.32. The van der Waals surface area contributed by atoms with Gasteiger partial charge in [0.05, 0.1) is 7.11 Å². The summed E-state index contributed by atoms with van der Waals surface area (Å²) < 4.78 is 10.6. The molecule has 3 heteroatoms. The number of benzene rings is 1. The van der Waals surface area contributed by atoms with E-state index < -0.39 is 0 Å². The Kier molecular flexibility index (Phi) is 4.01. The molecule has 0 aliphatic rings. The SMILES string of the molecule is C=CCOc1cc(CN)ccc1OC. The summed E-state index contributed by atoms with van der Waals surface area (Å²) in [4.78, 5) is 0. The van der Waals surface area contributed by atoms with Gasteiger partial charge < -0.3 is 15.2 Å². The predicted octanol–water partition coefficient (Wildman–Crippen LogP) is 1.72. The molecule has 0 saturated carbocycles. The smallest absolute Gasteiger partial charge is 0.161 e. The lowest BCUT2D eigenvalue weighted by atomic mass is 10.2. The highest BCUT2D eigenvalue weighted by Crippen LogP contribution is 2.27. The second kappa shape index (κ2) is 5.29. The first-order valence-electron chi connectivity index (χ1n) is 4.42. The summed E-state index contributed by atoms with van der Waals surface area (Å²) in [6, 6.07) is 5.64. The number of hydrogen-bond acceptors (Lipinski definition) is 3. The quantitative estimate of drug-likeness (QED) is 0.724. The highest BCUT2D eigenvalue weighted by molar-refractivity contribution is 5.42. The fourth-order valence-corrected chi connectivity index (χ4v) is 1.11. The Labute approximate surface area is 84.1 Å². The van der Waals surface area contributed by atoms with Crippen LogP contribution in [0.3, 0.4) is 0 Å². The maximum absolute atomic E-state index is 5.52. The molecule has 0 spiro atoms. The van der Waals surface area contributed by atoms with Crippen LogP contribution in [0.15, 0.2) is 30.9 Å². The molecule has 3 nitrogen and oxygen atoms in total. The zero-order valence-corrected chi connectivity index (χ0v) is 8.32. The van der Waals surface area contributed by atoms with E-state index in [0.29, 0.717) is 24.7 Å². The Morgan fingerprint density at radius 3 is 2.79 bits per heavy atom. The average molecular weight is 193 g/mol. The maximum atomic E-state index is 5.52. The van der Waals surface area contributed by atoms with Gasteiger partial charge in [-0.25, -0.2) is 0 Å². The molecule has 14 heavy (non-hydrogen) atoms. The minimum absolute atomic E-state index is 0.463. The second-order valence-corrected chi connectivity index (χ2v) is 2.79. The van der Waals surface area contributed by atoms with E-state index in [1.807, 2.05) is 18.2 Å². The Bertz CT molecular complexity index is 310. The lowest BCUT2D eigenvalue weighted by Gasteiger charge is -2.10. The summed E-state index contributed by atoms with van der Waals surface area (Å²) in [5.41, 5.74) is 6.54. The Balaban J connectivity index is 2.89. The summed E-state index contributed by atoms with van der Waals surface area (Å²) in [7, 11) is 1.61. The molecule has 0 saturated heterocycles. The topological polar surface area (TPSA) is 44.5 Å². The van der Waals surface area contributed by atoms with Crippen LogP contribution in [-0.4, -0.2) is 13.7 Å². The third-order valence-corrected chi connectivity index (χ3v) is 1.82. The monoisotopic (exact) mass is 193 g/mol. The molecule has 1 aromatic rings. The molecule has 0 radical (unpaired) electrons. The molecule has 0 unspecified atom stereocenters. The van der Waals surface area contributed by atoms with E-state index in [2.05, 4.69) is 6.58 Å². The Morgan fingerprint density at radius 2 is 2.21 bits per heavy atom. The van der Waals surface area contributed by atoms with Crippen molar-refractivity contribution in [2.45, 2.75) is 6.54 Å². The van der Waals surface area contributed by atoms with Crippen molar-refractivity contribution in [1.29, 1.82) is 0 Å². The third kappa shape index (κ3) is 2.50. The van der Waals surface area contributed by atoms with Crippen LogP contribution in [0.4, 0.5) is 0 Å². The first kappa shape index (κ1) is 10.6. The van der Waals surface area contributed by atoms with Crippen molar-refractivity contribution in [2.24, 2.45) is 5.73 Å². The van der Waals surface area contributed by atoms with Gasteiger partial charge in [-0.3, -0.25) is 0 Å². The molecule has 0 bridgehead atoms. The van der Waals surface area contributed by atoms with Gasteiger partial charge in [0.25, 0.3) is 0 Å². The zero-order chi connectivity index (χ0) is 10.4. The molecule has 0 aromatic heterocycles. The second-order valence-electron chi connectivity index (χ2n) is 2.79. The van der Waals surface area contributed by atoms with E-state index in [9.17, 15) is 0 Å². The molecule has 2 N–H and O–H groups in total. The van der Waals surface area contributed by atoms with Crippen LogP contribution in [0.5, 0.6) is 11.5 Å².